The highest BCUT2D eigenvalue weighted by atomic mass is 16.5. The summed E-state index contributed by atoms with van der Waals surface area (Å²) in [6.07, 6.45) is 2.74. The smallest absolute Gasteiger partial charge is 0.293 e. The Hall–Kier alpha value is -2.64. The van der Waals surface area contributed by atoms with E-state index in [9.17, 15) is 4.79 Å². The van der Waals surface area contributed by atoms with Gasteiger partial charge in [-0.15, -0.1) is 5.10 Å². The topological polar surface area (TPSA) is 85.2 Å². The number of amides is 1. The zero-order valence-electron chi connectivity index (χ0n) is 14.5. The number of carbonyl (C=O) groups excluding carboxylic acids is 1. The van der Waals surface area contributed by atoms with Crippen molar-refractivity contribution in [3.05, 3.63) is 28.8 Å². The third kappa shape index (κ3) is 2.91. The summed E-state index contributed by atoms with van der Waals surface area (Å²) < 4.78 is 7.16. The van der Waals surface area contributed by atoms with E-state index in [2.05, 4.69) is 20.4 Å². The molecule has 0 saturated heterocycles. The molecule has 0 radical (unpaired) electrons. The molecule has 1 aliphatic rings. The fourth-order valence-corrected chi connectivity index (χ4v) is 2.85. The second kappa shape index (κ2) is 6.46. The van der Waals surface area contributed by atoms with Crippen molar-refractivity contribution < 1.29 is 9.53 Å². The van der Waals surface area contributed by atoms with Crippen LogP contribution >= 0.6 is 0 Å². The average molecular weight is 330 g/mol. The van der Waals surface area contributed by atoms with Crippen LogP contribution in [0.3, 0.4) is 0 Å². The van der Waals surface area contributed by atoms with Crippen molar-refractivity contribution in [2.24, 2.45) is 0 Å². The number of hydrogen-bond donors (Lipinski definition) is 1. The van der Waals surface area contributed by atoms with Gasteiger partial charge in [0.05, 0.1) is 19.3 Å². The number of nitrogens with one attached hydrogen (secondary N) is 1. The second-order valence-electron chi connectivity index (χ2n) is 5.97. The average Bonchev–Trinajstić information content (AvgIpc) is 3.01. The Bertz CT molecular complexity index is 747. The molecule has 1 N–H and O–H groups in total. The molecule has 0 bridgehead atoms. The third-order valence-electron chi connectivity index (χ3n) is 4.18. The zero-order valence-corrected chi connectivity index (χ0v) is 14.5. The van der Waals surface area contributed by atoms with Gasteiger partial charge in [-0.25, -0.2) is 4.68 Å². The van der Waals surface area contributed by atoms with Gasteiger partial charge in [-0.05, 0) is 20.3 Å². The molecule has 0 spiro atoms. The van der Waals surface area contributed by atoms with E-state index in [0.29, 0.717) is 12.5 Å². The third-order valence-corrected chi connectivity index (χ3v) is 4.18. The number of carbonyl (C=O) groups is 1. The molecule has 8 nitrogen and oxygen atoms in total. The van der Waals surface area contributed by atoms with Crippen LogP contribution in [0.25, 0.3) is 0 Å². The van der Waals surface area contributed by atoms with Gasteiger partial charge in [0.25, 0.3) is 5.91 Å². The normalized spacial score (nSPS) is 13.2. The lowest BCUT2D eigenvalue weighted by Gasteiger charge is -2.18. The highest BCUT2D eigenvalue weighted by Gasteiger charge is 2.22. The van der Waals surface area contributed by atoms with Crippen molar-refractivity contribution >= 4 is 11.9 Å². The number of aromatic nitrogens is 4. The first kappa shape index (κ1) is 16.2. The highest BCUT2D eigenvalue weighted by Crippen LogP contribution is 2.24. The number of ether oxygens (including phenoxy) is 1. The summed E-state index contributed by atoms with van der Waals surface area (Å²) >= 11 is 0. The Morgan fingerprint density at radius 1 is 1.46 bits per heavy atom. The van der Waals surface area contributed by atoms with Crippen LogP contribution < -0.4 is 10.1 Å². The Morgan fingerprint density at radius 2 is 2.25 bits per heavy atom. The summed E-state index contributed by atoms with van der Waals surface area (Å²) in [7, 11) is 3.36. The molecule has 128 valence electrons. The molecule has 0 unspecified atom stereocenters. The predicted molar refractivity (Wildman–Crippen MR) is 89.2 cm³/mol. The standard InChI is InChI=1S/C16H22N6O2/c1-10-8-18-12(11(2)13(10)24-4)9-21(3)15(23)14-19-16-17-6-5-7-22(16)20-14/h8H,5-7,9H2,1-4H3,(H,17,19,20). The predicted octanol–water partition coefficient (Wildman–Crippen LogP) is 1.39. The van der Waals surface area contributed by atoms with Crippen LogP contribution in [0.2, 0.25) is 0 Å². The Morgan fingerprint density at radius 3 is 2.96 bits per heavy atom. The first-order valence-corrected chi connectivity index (χ1v) is 7.94. The van der Waals surface area contributed by atoms with Gasteiger partial charge in [0, 0.05) is 37.5 Å². The first-order valence-electron chi connectivity index (χ1n) is 7.94. The Labute approximate surface area is 140 Å². The lowest BCUT2D eigenvalue weighted by Crippen LogP contribution is -2.28. The lowest BCUT2D eigenvalue weighted by atomic mass is 10.1. The van der Waals surface area contributed by atoms with Crippen molar-refractivity contribution in [1.29, 1.82) is 0 Å². The van der Waals surface area contributed by atoms with E-state index in [1.54, 1.807) is 29.9 Å². The van der Waals surface area contributed by atoms with Crippen molar-refractivity contribution in [2.45, 2.75) is 33.4 Å². The molecule has 2 aromatic rings. The number of anilines is 1. The number of hydrogen-bond acceptors (Lipinski definition) is 6. The van der Waals surface area contributed by atoms with Gasteiger partial charge in [-0.3, -0.25) is 9.78 Å². The zero-order chi connectivity index (χ0) is 17.3. The maximum atomic E-state index is 12.6. The molecule has 8 heteroatoms. The summed E-state index contributed by atoms with van der Waals surface area (Å²) in [5.41, 5.74) is 2.72. The van der Waals surface area contributed by atoms with Gasteiger partial charge >= 0.3 is 0 Å². The number of methoxy groups -OCH3 is 1. The number of rotatable bonds is 4. The van der Waals surface area contributed by atoms with Gasteiger partial charge in [0.1, 0.15) is 5.75 Å². The van der Waals surface area contributed by atoms with E-state index in [1.807, 2.05) is 13.8 Å². The summed E-state index contributed by atoms with van der Waals surface area (Å²) in [4.78, 5) is 22.9. The van der Waals surface area contributed by atoms with Crippen LogP contribution in [0, 0.1) is 13.8 Å². The molecule has 1 amide bonds. The van der Waals surface area contributed by atoms with Crippen molar-refractivity contribution in [3.8, 4) is 5.75 Å². The fraction of sp³-hybridized carbons (Fsp3) is 0.500. The van der Waals surface area contributed by atoms with Crippen molar-refractivity contribution in [3.63, 3.8) is 0 Å². The molecular formula is C16H22N6O2. The van der Waals surface area contributed by atoms with Crippen LogP contribution in [-0.4, -0.2) is 51.3 Å². The van der Waals surface area contributed by atoms with Crippen LogP contribution in [-0.2, 0) is 13.1 Å². The van der Waals surface area contributed by atoms with E-state index in [-0.39, 0.29) is 11.7 Å². The Kier molecular flexibility index (Phi) is 4.37. The lowest BCUT2D eigenvalue weighted by molar-refractivity contribution is 0.0770. The summed E-state index contributed by atoms with van der Waals surface area (Å²) in [5.74, 6) is 1.45. The number of pyridine rings is 1. The van der Waals surface area contributed by atoms with Crippen molar-refractivity contribution in [1.82, 2.24) is 24.6 Å². The molecule has 0 saturated carbocycles. The largest absolute Gasteiger partial charge is 0.496 e. The van der Waals surface area contributed by atoms with E-state index in [1.165, 1.54) is 0 Å². The quantitative estimate of drug-likeness (QED) is 0.912. The van der Waals surface area contributed by atoms with Gasteiger partial charge in [0.2, 0.25) is 11.8 Å². The maximum absolute atomic E-state index is 12.6. The SMILES string of the molecule is COc1c(C)cnc(CN(C)C(=O)c2nc3n(n2)CCCN3)c1C. The molecule has 1 aliphatic heterocycles. The monoisotopic (exact) mass is 330 g/mol. The molecule has 2 aromatic heterocycles. The highest BCUT2D eigenvalue weighted by molar-refractivity contribution is 5.90. The fourth-order valence-electron chi connectivity index (χ4n) is 2.85. The van der Waals surface area contributed by atoms with Crippen LogP contribution in [0.1, 0.15) is 33.9 Å². The van der Waals surface area contributed by atoms with E-state index in [0.717, 1.165) is 42.1 Å². The molecular weight excluding hydrogens is 308 g/mol. The van der Waals surface area contributed by atoms with E-state index in [4.69, 9.17) is 4.74 Å². The summed E-state index contributed by atoms with van der Waals surface area (Å²) in [5, 5.41) is 7.44. The Balaban J connectivity index is 1.78. The minimum atomic E-state index is -0.223. The number of nitrogens with zero attached hydrogens (tertiary/aromatic N) is 5. The maximum Gasteiger partial charge on any atom is 0.293 e. The molecule has 3 heterocycles. The molecule has 0 aliphatic carbocycles. The molecule has 3 rings (SSSR count). The minimum Gasteiger partial charge on any atom is -0.496 e. The van der Waals surface area contributed by atoms with E-state index >= 15 is 0 Å². The van der Waals surface area contributed by atoms with Crippen LogP contribution in [0.15, 0.2) is 6.20 Å². The molecule has 0 atom stereocenters. The van der Waals surface area contributed by atoms with Crippen LogP contribution in [0.5, 0.6) is 5.75 Å². The number of fused-ring (bicyclic) bond motifs is 1. The van der Waals surface area contributed by atoms with Gasteiger partial charge < -0.3 is 15.0 Å². The minimum absolute atomic E-state index is 0.207. The van der Waals surface area contributed by atoms with Crippen LogP contribution in [0.4, 0.5) is 5.95 Å². The summed E-state index contributed by atoms with van der Waals surface area (Å²) in [6, 6.07) is 0. The first-order chi connectivity index (χ1) is 11.5. The molecule has 0 fully saturated rings. The summed E-state index contributed by atoms with van der Waals surface area (Å²) in [6.45, 7) is 5.91. The van der Waals surface area contributed by atoms with Crippen molar-refractivity contribution in [2.75, 3.05) is 26.0 Å². The second-order valence-corrected chi connectivity index (χ2v) is 5.97. The van der Waals surface area contributed by atoms with Gasteiger partial charge in [-0.2, -0.15) is 4.98 Å². The van der Waals surface area contributed by atoms with Gasteiger partial charge in [0.15, 0.2) is 0 Å². The van der Waals surface area contributed by atoms with Gasteiger partial charge in [-0.1, -0.05) is 0 Å². The van der Waals surface area contributed by atoms with E-state index < -0.39 is 0 Å². The molecule has 0 aromatic carbocycles. The number of aryl methyl sites for hydroxylation is 2. The molecule has 24 heavy (non-hydrogen) atoms.